The second kappa shape index (κ2) is 6.02. The summed E-state index contributed by atoms with van der Waals surface area (Å²) < 4.78 is 0. The van der Waals surface area contributed by atoms with Crippen LogP contribution in [0, 0.1) is 17.3 Å². The molecule has 2 nitrogen and oxygen atoms in total. The molecule has 0 aromatic heterocycles. The van der Waals surface area contributed by atoms with Gasteiger partial charge in [-0.1, -0.05) is 33.6 Å². The Bertz CT molecular complexity index is 201. The minimum atomic E-state index is 0.219. The van der Waals surface area contributed by atoms with E-state index in [4.69, 9.17) is 5.73 Å². The van der Waals surface area contributed by atoms with Crippen LogP contribution in [-0.4, -0.2) is 17.8 Å². The van der Waals surface area contributed by atoms with Crippen molar-refractivity contribution in [3.05, 3.63) is 0 Å². The molecule has 16 heavy (non-hydrogen) atoms. The molecular formula is C14H29NO. The van der Waals surface area contributed by atoms with E-state index in [1.807, 2.05) is 0 Å². The molecule has 0 aromatic carbocycles. The lowest BCUT2D eigenvalue weighted by molar-refractivity contribution is 0.0527. The van der Waals surface area contributed by atoms with Gasteiger partial charge in [-0.25, -0.2) is 0 Å². The van der Waals surface area contributed by atoms with E-state index in [2.05, 4.69) is 20.8 Å². The summed E-state index contributed by atoms with van der Waals surface area (Å²) in [6.45, 7) is 7.09. The van der Waals surface area contributed by atoms with E-state index in [-0.39, 0.29) is 11.5 Å². The number of aliphatic hydroxyl groups excluding tert-OH is 1. The second-order valence-electron chi connectivity index (χ2n) is 5.95. The standard InChI is InChI=1S/C14H29NO/c1-4-13(15)14(8-9-16)7-5-6-12(10-14)11(2)3/h11-13,16H,4-10,15H2,1-3H3. The van der Waals surface area contributed by atoms with Crippen molar-refractivity contribution in [2.75, 3.05) is 6.61 Å². The van der Waals surface area contributed by atoms with E-state index in [1.165, 1.54) is 25.7 Å². The predicted molar refractivity (Wildman–Crippen MR) is 69.2 cm³/mol. The van der Waals surface area contributed by atoms with Crippen molar-refractivity contribution in [2.24, 2.45) is 23.0 Å². The molecule has 3 atom stereocenters. The second-order valence-corrected chi connectivity index (χ2v) is 5.95. The average Bonchev–Trinajstić information content (AvgIpc) is 2.28. The predicted octanol–water partition coefficient (Wildman–Crippen LogP) is 2.94. The molecule has 0 radical (unpaired) electrons. The summed E-state index contributed by atoms with van der Waals surface area (Å²) in [5.41, 5.74) is 6.54. The fourth-order valence-electron chi connectivity index (χ4n) is 3.42. The normalized spacial score (nSPS) is 33.0. The lowest BCUT2D eigenvalue weighted by Crippen LogP contribution is -2.46. The molecule has 3 unspecified atom stereocenters. The van der Waals surface area contributed by atoms with E-state index < -0.39 is 0 Å². The van der Waals surface area contributed by atoms with Gasteiger partial charge in [-0.2, -0.15) is 0 Å². The van der Waals surface area contributed by atoms with Crippen LogP contribution >= 0.6 is 0 Å². The summed E-state index contributed by atoms with van der Waals surface area (Å²) in [6, 6.07) is 0.265. The highest BCUT2D eigenvalue weighted by Crippen LogP contribution is 2.46. The summed E-state index contributed by atoms with van der Waals surface area (Å²) in [4.78, 5) is 0. The van der Waals surface area contributed by atoms with E-state index in [0.717, 1.165) is 24.7 Å². The molecule has 1 aliphatic carbocycles. The number of hydrogen-bond acceptors (Lipinski definition) is 2. The summed E-state index contributed by atoms with van der Waals surface area (Å²) in [7, 11) is 0. The average molecular weight is 227 g/mol. The molecule has 1 aliphatic rings. The zero-order valence-corrected chi connectivity index (χ0v) is 11.2. The molecule has 2 heteroatoms. The van der Waals surface area contributed by atoms with Crippen molar-refractivity contribution in [3.63, 3.8) is 0 Å². The minimum absolute atomic E-state index is 0.219. The van der Waals surface area contributed by atoms with Crippen LogP contribution in [0.3, 0.4) is 0 Å². The van der Waals surface area contributed by atoms with Gasteiger partial charge in [0.15, 0.2) is 0 Å². The lowest BCUT2D eigenvalue weighted by atomic mass is 9.61. The summed E-state index contributed by atoms with van der Waals surface area (Å²) in [6.07, 6.45) is 7.00. The van der Waals surface area contributed by atoms with Crippen molar-refractivity contribution in [3.8, 4) is 0 Å². The first-order valence-corrected chi connectivity index (χ1v) is 6.92. The third-order valence-corrected chi connectivity index (χ3v) is 4.70. The molecule has 0 spiro atoms. The fourth-order valence-corrected chi connectivity index (χ4v) is 3.42. The zero-order valence-electron chi connectivity index (χ0n) is 11.2. The van der Waals surface area contributed by atoms with Crippen LogP contribution < -0.4 is 5.73 Å². The van der Waals surface area contributed by atoms with E-state index >= 15 is 0 Å². The molecule has 1 saturated carbocycles. The first-order valence-electron chi connectivity index (χ1n) is 6.92. The van der Waals surface area contributed by atoms with Crippen LogP contribution in [0.15, 0.2) is 0 Å². The molecule has 0 bridgehead atoms. The van der Waals surface area contributed by atoms with Gasteiger partial charge in [0.2, 0.25) is 0 Å². The molecular weight excluding hydrogens is 198 g/mol. The maximum absolute atomic E-state index is 9.30. The highest BCUT2D eigenvalue weighted by Gasteiger charge is 2.40. The topological polar surface area (TPSA) is 46.2 Å². The Kier molecular flexibility index (Phi) is 5.26. The first kappa shape index (κ1) is 14.0. The maximum atomic E-state index is 9.30. The zero-order chi connectivity index (χ0) is 12.2. The van der Waals surface area contributed by atoms with Crippen LogP contribution in [0.5, 0.6) is 0 Å². The van der Waals surface area contributed by atoms with Crippen molar-refractivity contribution in [2.45, 2.75) is 65.3 Å². The maximum Gasteiger partial charge on any atom is 0.0436 e. The Balaban J connectivity index is 2.75. The van der Waals surface area contributed by atoms with Crippen LogP contribution in [0.4, 0.5) is 0 Å². The monoisotopic (exact) mass is 227 g/mol. The van der Waals surface area contributed by atoms with Crippen LogP contribution in [0.2, 0.25) is 0 Å². The van der Waals surface area contributed by atoms with Gasteiger partial charge in [0.1, 0.15) is 0 Å². The van der Waals surface area contributed by atoms with Gasteiger partial charge >= 0.3 is 0 Å². The highest BCUT2D eigenvalue weighted by molar-refractivity contribution is 4.93. The quantitative estimate of drug-likeness (QED) is 0.758. The van der Waals surface area contributed by atoms with Gasteiger partial charge in [0, 0.05) is 12.6 Å². The Morgan fingerprint density at radius 1 is 1.44 bits per heavy atom. The number of aliphatic hydroxyl groups is 1. The van der Waals surface area contributed by atoms with Crippen molar-refractivity contribution in [1.29, 1.82) is 0 Å². The molecule has 96 valence electrons. The molecule has 1 rings (SSSR count). The Hall–Kier alpha value is -0.0800. The third-order valence-electron chi connectivity index (χ3n) is 4.70. The summed E-state index contributed by atoms with van der Waals surface area (Å²) in [5, 5.41) is 9.30. The third kappa shape index (κ3) is 2.98. The number of nitrogens with two attached hydrogens (primary N) is 1. The van der Waals surface area contributed by atoms with E-state index in [9.17, 15) is 5.11 Å². The van der Waals surface area contributed by atoms with Crippen LogP contribution in [-0.2, 0) is 0 Å². The Labute approximate surface area is 101 Å². The molecule has 0 aliphatic heterocycles. The summed E-state index contributed by atoms with van der Waals surface area (Å²) in [5.74, 6) is 1.56. The van der Waals surface area contributed by atoms with Crippen molar-refractivity contribution >= 4 is 0 Å². The molecule has 0 amide bonds. The SMILES string of the molecule is CCC(N)C1(CCO)CCCC(C(C)C)C1. The number of hydrogen-bond donors (Lipinski definition) is 2. The first-order chi connectivity index (χ1) is 7.55. The molecule has 1 fully saturated rings. The van der Waals surface area contributed by atoms with Gasteiger partial charge in [-0.15, -0.1) is 0 Å². The van der Waals surface area contributed by atoms with E-state index in [0.29, 0.717) is 6.61 Å². The van der Waals surface area contributed by atoms with Gasteiger partial charge in [-0.3, -0.25) is 0 Å². The fraction of sp³-hybridized carbons (Fsp3) is 1.00. The van der Waals surface area contributed by atoms with Gasteiger partial charge < -0.3 is 10.8 Å². The van der Waals surface area contributed by atoms with Crippen LogP contribution in [0.1, 0.15) is 59.3 Å². The van der Waals surface area contributed by atoms with Gasteiger partial charge in [-0.05, 0) is 42.9 Å². The summed E-state index contributed by atoms with van der Waals surface area (Å²) >= 11 is 0. The number of rotatable bonds is 5. The molecule has 0 saturated heterocycles. The Morgan fingerprint density at radius 2 is 2.12 bits per heavy atom. The van der Waals surface area contributed by atoms with E-state index in [1.54, 1.807) is 0 Å². The van der Waals surface area contributed by atoms with Crippen LogP contribution in [0.25, 0.3) is 0 Å². The van der Waals surface area contributed by atoms with Crippen molar-refractivity contribution in [1.82, 2.24) is 0 Å². The van der Waals surface area contributed by atoms with Gasteiger partial charge in [0.05, 0.1) is 0 Å². The molecule has 0 heterocycles. The minimum Gasteiger partial charge on any atom is -0.396 e. The van der Waals surface area contributed by atoms with Crippen molar-refractivity contribution < 1.29 is 5.11 Å². The smallest absolute Gasteiger partial charge is 0.0436 e. The molecule has 3 N–H and O–H groups in total. The highest BCUT2D eigenvalue weighted by atomic mass is 16.3. The Morgan fingerprint density at radius 3 is 2.62 bits per heavy atom. The lowest BCUT2D eigenvalue weighted by Gasteiger charge is -2.46. The molecule has 0 aromatic rings. The van der Waals surface area contributed by atoms with Gasteiger partial charge in [0.25, 0.3) is 0 Å². The largest absolute Gasteiger partial charge is 0.396 e.